The van der Waals surface area contributed by atoms with Crippen LogP contribution in [0.5, 0.6) is 0 Å². The average molecular weight is 282 g/mol. The number of amides is 1. The van der Waals surface area contributed by atoms with Crippen LogP contribution >= 0.6 is 11.8 Å². The Labute approximate surface area is 118 Å². The molecule has 1 amide bonds. The van der Waals surface area contributed by atoms with Crippen molar-refractivity contribution in [3.63, 3.8) is 0 Å². The molecular formula is C14H22N2O2S. The van der Waals surface area contributed by atoms with E-state index in [9.17, 15) is 4.79 Å². The molecule has 1 saturated heterocycles. The Morgan fingerprint density at radius 1 is 1.47 bits per heavy atom. The van der Waals surface area contributed by atoms with Gasteiger partial charge in [0, 0.05) is 13.1 Å². The quantitative estimate of drug-likeness (QED) is 0.843. The summed E-state index contributed by atoms with van der Waals surface area (Å²) in [5, 5.41) is 4.18. The Balaban J connectivity index is 1.85. The molecule has 2 heterocycles. The van der Waals surface area contributed by atoms with Gasteiger partial charge >= 0.3 is 0 Å². The van der Waals surface area contributed by atoms with Gasteiger partial charge in [0.15, 0.2) is 10.9 Å². The lowest BCUT2D eigenvalue weighted by Crippen LogP contribution is -2.40. The molecule has 0 aromatic carbocycles. The molecule has 4 nitrogen and oxygen atoms in total. The summed E-state index contributed by atoms with van der Waals surface area (Å²) in [6, 6.07) is 3.63. The predicted octanol–water partition coefficient (Wildman–Crippen LogP) is 2.46. The minimum atomic E-state index is 0.0298. The number of hydrogen-bond donors (Lipinski definition) is 1. The van der Waals surface area contributed by atoms with E-state index in [0.717, 1.165) is 44.1 Å². The maximum absolute atomic E-state index is 12.3. The molecule has 1 aliphatic heterocycles. The Bertz CT molecular complexity index is 411. The van der Waals surface area contributed by atoms with E-state index in [4.69, 9.17) is 4.42 Å². The number of furan rings is 1. The van der Waals surface area contributed by atoms with Crippen molar-refractivity contribution in [3.05, 3.63) is 17.9 Å². The number of likely N-dealkylation sites (tertiary alicyclic amines) is 1. The lowest BCUT2D eigenvalue weighted by Gasteiger charge is -2.31. The highest BCUT2D eigenvalue weighted by Gasteiger charge is 2.25. The van der Waals surface area contributed by atoms with E-state index in [1.807, 2.05) is 17.2 Å². The summed E-state index contributed by atoms with van der Waals surface area (Å²) in [6.07, 6.45) is 4.10. The van der Waals surface area contributed by atoms with E-state index in [2.05, 4.69) is 12.2 Å². The lowest BCUT2D eigenvalue weighted by molar-refractivity contribution is 0.0653. The van der Waals surface area contributed by atoms with E-state index in [1.54, 1.807) is 6.07 Å². The first-order valence-electron chi connectivity index (χ1n) is 6.88. The number of carbonyl (C=O) groups excluding carboxylic acids is 1. The van der Waals surface area contributed by atoms with Crippen molar-refractivity contribution in [2.45, 2.75) is 24.9 Å². The largest absolute Gasteiger partial charge is 0.445 e. The summed E-state index contributed by atoms with van der Waals surface area (Å²) >= 11 is 1.52. The number of piperidine rings is 1. The van der Waals surface area contributed by atoms with Crippen LogP contribution in [0, 0.1) is 5.92 Å². The fourth-order valence-corrected chi connectivity index (χ4v) is 2.77. The Morgan fingerprint density at radius 2 is 2.21 bits per heavy atom. The predicted molar refractivity (Wildman–Crippen MR) is 77.7 cm³/mol. The van der Waals surface area contributed by atoms with E-state index >= 15 is 0 Å². The molecule has 1 fully saturated rings. The second-order valence-corrected chi connectivity index (χ2v) is 5.68. The summed E-state index contributed by atoms with van der Waals surface area (Å²) in [5.74, 6) is 1.19. The molecule has 0 aliphatic carbocycles. The molecule has 2 rings (SSSR count). The minimum absolute atomic E-state index is 0.0298. The van der Waals surface area contributed by atoms with Gasteiger partial charge in [-0.25, -0.2) is 0 Å². The zero-order valence-electron chi connectivity index (χ0n) is 11.6. The molecule has 0 saturated carbocycles. The molecule has 19 heavy (non-hydrogen) atoms. The van der Waals surface area contributed by atoms with Gasteiger partial charge in [-0.3, -0.25) is 4.79 Å². The van der Waals surface area contributed by atoms with Crippen LogP contribution in [0.25, 0.3) is 0 Å². The number of hydrogen-bond acceptors (Lipinski definition) is 4. The third-order valence-electron chi connectivity index (χ3n) is 3.58. The second-order valence-electron chi connectivity index (χ2n) is 4.87. The van der Waals surface area contributed by atoms with Gasteiger partial charge < -0.3 is 14.6 Å². The van der Waals surface area contributed by atoms with Crippen LogP contribution in [0.1, 0.15) is 30.3 Å². The Morgan fingerprint density at radius 3 is 2.79 bits per heavy atom. The third kappa shape index (κ3) is 3.76. The molecule has 1 aliphatic rings. The zero-order chi connectivity index (χ0) is 13.7. The summed E-state index contributed by atoms with van der Waals surface area (Å²) in [5.41, 5.74) is 0. The summed E-state index contributed by atoms with van der Waals surface area (Å²) in [7, 11) is 0. The molecule has 5 heteroatoms. The highest BCUT2D eigenvalue weighted by molar-refractivity contribution is 7.98. The van der Waals surface area contributed by atoms with Gasteiger partial charge in [0.2, 0.25) is 0 Å². The second kappa shape index (κ2) is 7.01. The molecule has 0 bridgehead atoms. The highest BCUT2D eigenvalue weighted by atomic mass is 32.2. The van der Waals surface area contributed by atoms with Crippen molar-refractivity contribution in [2.24, 2.45) is 5.92 Å². The standard InChI is InChI=1S/C14H22N2O2S/c1-3-15-10-11-6-8-16(9-7-11)14(17)12-4-5-13(18-12)19-2/h4-5,11,15H,3,6-10H2,1-2H3. The van der Waals surface area contributed by atoms with Gasteiger partial charge in [0.25, 0.3) is 5.91 Å². The van der Waals surface area contributed by atoms with Crippen LogP contribution in [-0.2, 0) is 0 Å². The van der Waals surface area contributed by atoms with E-state index in [1.165, 1.54) is 11.8 Å². The van der Waals surface area contributed by atoms with Crippen LogP contribution in [0.15, 0.2) is 21.6 Å². The van der Waals surface area contributed by atoms with E-state index in [0.29, 0.717) is 11.7 Å². The number of nitrogens with zero attached hydrogens (tertiary/aromatic N) is 1. The first-order chi connectivity index (χ1) is 9.24. The van der Waals surface area contributed by atoms with E-state index < -0.39 is 0 Å². The number of rotatable bonds is 5. The van der Waals surface area contributed by atoms with Crippen LogP contribution in [0.2, 0.25) is 0 Å². The fraction of sp³-hybridized carbons (Fsp3) is 0.643. The molecule has 1 N–H and O–H groups in total. The lowest BCUT2D eigenvalue weighted by atomic mass is 9.96. The molecule has 1 aromatic heterocycles. The van der Waals surface area contributed by atoms with Crippen LogP contribution in [0.3, 0.4) is 0 Å². The maximum Gasteiger partial charge on any atom is 0.289 e. The zero-order valence-corrected chi connectivity index (χ0v) is 12.5. The molecular weight excluding hydrogens is 260 g/mol. The molecule has 106 valence electrons. The minimum Gasteiger partial charge on any atom is -0.445 e. The highest BCUT2D eigenvalue weighted by Crippen LogP contribution is 2.22. The number of thioether (sulfide) groups is 1. The Hall–Kier alpha value is -0.940. The van der Waals surface area contributed by atoms with Crippen molar-refractivity contribution in [3.8, 4) is 0 Å². The van der Waals surface area contributed by atoms with Gasteiger partial charge in [-0.05, 0) is 50.2 Å². The van der Waals surface area contributed by atoms with Gasteiger partial charge in [-0.1, -0.05) is 18.7 Å². The fourth-order valence-electron chi connectivity index (χ4n) is 2.39. The van der Waals surface area contributed by atoms with Gasteiger partial charge in [0.1, 0.15) is 0 Å². The smallest absolute Gasteiger partial charge is 0.289 e. The van der Waals surface area contributed by atoms with Crippen molar-refractivity contribution in [2.75, 3.05) is 32.4 Å². The Kier molecular flexibility index (Phi) is 5.34. The molecule has 0 spiro atoms. The maximum atomic E-state index is 12.3. The molecule has 0 unspecified atom stereocenters. The SMILES string of the molecule is CCNCC1CCN(C(=O)c2ccc(SC)o2)CC1. The van der Waals surface area contributed by atoms with Crippen molar-refractivity contribution in [1.29, 1.82) is 0 Å². The van der Waals surface area contributed by atoms with Gasteiger partial charge in [0.05, 0.1) is 0 Å². The van der Waals surface area contributed by atoms with Gasteiger partial charge in [-0.15, -0.1) is 0 Å². The summed E-state index contributed by atoms with van der Waals surface area (Å²) in [4.78, 5) is 14.2. The first-order valence-corrected chi connectivity index (χ1v) is 8.11. The van der Waals surface area contributed by atoms with Crippen molar-refractivity contribution < 1.29 is 9.21 Å². The van der Waals surface area contributed by atoms with Crippen LogP contribution < -0.4 is 5.32 Å². The van der Waals surface area contributed by atoms with E-state index in [-0.39, 0.29) is 5.91 Å². The third-order valence-corrected chi connectivity index (χ3v) is 4.20. The summed E-state index contributed by atoms with van der Waals surface area (Å²) < 4.78 is 5.50. The van der Waals surface area contributed by atoms with Crippen LogP contribution in [0.4, 0.5) is 0 Å². The monoisotopic (exact) mass is 282 g/mol. The average Bonchev–Trinajstić information content (AvgIpc) is 2.94. The van der Waals surface area contributed by atoms with Crippen LogP contribution in [-0.4, -0.2) is 43.2 Å². The normalized spacial score (nSPS) is 16.8. The number of nitrogens with one attached hydrogen (secondary N) is 1. The first kappa shape index (κ1) is 14.5. The molecule has 1 aromatic rings. The molecule has 0 radical (unpaired) electrons. The number of carbonyl (C=O) groups is 1. The summed E-state index contributed by atoms with van der Waals surface area (Å²) in [6.45, 7) is 5.88. The van der Waals surface area contributed by atoms with Gasteiger partial charge in [-0.2, -0.15) is 0 Å². The van der Waals surface area contributed by atoms with Crippen molar-refractivity contribution >= 4 is 17.7 Å². The topological polar surface area (TPSA) is 45.5 Å². The molecule has 0 atom stereocenters. The van der Waals surface area contributed by atoms with Crippen molar-refractivity contribution in [1.82, 2.24) is 10.2 Å².